The summed E-state index contributed by atoms with van der Waals surface area (Å²) in [4.78, 5) is 0.360. The summed E-state index contributed by atoms with van der Waals surface area (Å²) >= 11 is 0. The second-order valence-corrected chi connectivity index (χ2v) is 7.37. The Balaban J connectivity index is 2.08. The number of sulfonamides is 1. The van der Waals surface area contributed by atoms with Crippen LogP contribution in [0.3, 0.4) is 0 Å². The maximum atomic E-state index is 12.4. The number of hydrogen-bond donors (Lipinski definition) is 2. The molecule has 1 unspecified atom stereocenters. The van der Waals surface area contributed by atoms with E-state index in [-0.39, 0.29) is 6.04 Å². The molecular formula is C14H25N3O2S. The molecule has 6 heteroatoms. The van der Waals surface area contributed by atoms with Crippen molar-refractivity contribution in [1.82, 2.24) is 14.6 Å². The Morgan fingerprint density at radius 3 is 2.70 bits per heavy atom. The summed E-state index contributed by atoms with van der Waals surface area (Å²) in [6, 6.07) is 1.77. The van der Waals surface area contributed by atoms with Crippen molar-refractivity contribution in [2.24, 2.45) is 13.0 Å². The lowest BCUT2D eigenvalue weighted by Crippen LogP contribution is -2.40. The summed E-state index contributed by atoms with van der Waals surface area (Å²) in [7, 11) is -1.53. The predicted molar refractivity (Wildman–Crippen MR) is 79.9 cm³/mol. The molecule has 0 aliphatic heterocycles. The summed E-state index contributed by atoms with van der Waals surface area (Å²) in [6.45, 7) is 5.54. The first-order valence-corrected chi connectivity index (χ1v) is 8.80. The molecule has 0 amide bonds. The molecule has 2 N–H and O–H groups in total. The Morgan fingerprint density at radius 1 is 1.45 bits per heavy atom. The van der Waals surface area contributed by atoms with Crippen LogP contribution in [0.1, 0.15) is 38.8 Å². The Hall–Kier alpha value is -0.850. The third-order valence-electron chi connectivity index (χ3n) is 4.15. The van der Waals surface area contributed by atoms with Crippen LogP contribution in [0.25, 0.3) is 0 Å². The lowest BCUT2D eigenvalue weighted by Gasteiger charge is -2.31. The molecule has 1 aliphatic rings. The van der Waals surface area contributed by atoms with Crippen LogP contribution in [-0.4, -0.2) is 25.6 Å². The smallest absolute Gasteiger partial charge is 0.242 e. The lowest BCUT2D eigenvalue weighted by atomic mass is 9.81. The molecule has 0 aromatic carbocycles. The van der Waals surface area contributed by atoms with Gasteiger partial charge < -0.3 is 9.88 Å². The molecule has 1 atom stereocenters. The highest BCUT2D eigenvalue weighted by atomic mass is 32.2. The van der Waals surface area contributed by atoms with E-state index in [1.54, 1.807) is 12.3 Å². The van der Waals surface area contributed by atoms with Crippen molar-refractivity contribution in [2.75, 3.05) is 6.54 Å². The van der Waals surface area contributed by atoms with Crippen LogP contribution in [0.15, 0.2) is 17.2 Å². The van der Waals surface area contributed by atoms with Gasteiger partial charge in [0.25, 0.3) is 0 Å². The van der Waals surface area contributed by atoms with Crippen LogP contribution < -0.4 is 10.0 Å². The van der Waals surface area contributed by atoms with Crippen molar-refractivity contribution in [1.29, 1.82) is 0 Å². The molecule has 1 saturated carbocycles. The van der Waals surface area contributed by atoms with Gasteiger partial charge >= 0.3 is 0 Å². The van der Waals surface area contributed by atoms with E-state index in [0.29, 0.717) is 17.4 Å². The third kappa shape index (κ3) is 3.42. The minimum Gasteiger partial charge on any atom is -0.352 e. The van der Waals surface area contributed by atoms with Gasteiger partial charge in [-0.25, -0.2) is 13.1 Å². The number of nitrogens with zero attached hydrogens (tertiary/aromatic N) is 1. The zero-order chi connectivity index (χ0) is 14.8. The fraction of sp³-hybridized carbons (Fsp3) is 0.714. The van der Waals surface area contributed by atoms with Crippen molar-refractivity contribution in [3.05, 3.63) is 18.0 Å². The molecule has 1 aromatic rings. The van der Waals surface area contributed by atoms with Crippen LogP contribution in [0, 0.1) is 5.92 Å². The molecule has 20 heavy (non-hydrogen) atoms. The number of rotatable bonds is 7. The second-order valence-electron chi connectivity index (χ2n) is 5.66. The SMILES string of the molecule is CCNCc1cc(S(=O)(=O)NC(C)C2CCC2)cn1C. The van der Waals surface area contributed by atoms with Gasteiger partial charge in [-0.3, -0.25) is 0 Å². The van der Waals surface area contributed by atoms with Gasteiger partial charge in [0.2, 0.25) is 10.0 Å². The summed E-state index contributed by atoms with van der Waals surface area (Å²) in [6.07, 6.45) is 5.16. The van der Waals surface area contributed by atoms with Gasteiger partial charge in [0, 0.05) is 31.5 Å². The molecule has 2 rings (SSSR count). The highest BCUT2D eigenvalue weighted by molar-refractivity contribution is 7.89. The van der Waals surface area contributed by atoms with E-state index in [1.165, 1.54) is 6.42 Å². The standard InChI is InChI=1S/C14H25N3O2S/c1-4-15-9-13-8-14(10-17(13)3)20(18,19)16-11(2)12-6-5-7-12/h8,10-12,15-16H,4-7,9H2,1-3H3. The molecule has 5 nitrogen and oxygen atoms in total. The average molecular weight is 299 g/mol. The van der Waals surface area contributed by atoms with Crippen molar-refractivity contribution < 1.29 is 8.42 Å². The fourth-order valence-electron chi connectivity index (χ4n) is 2.50. The van der Waals surface area contributed by atoms with Crippen molar-refractivity contribution in [2.45, 2.75) is 50.6 Å². The number of hydrogen-bond acceptors (Lipinski definition) is 3. The minimum atomic E-state index is -3.41. The maximum Gasteiger partial charge on any atom is 0.242 e. The molecule has 1 aromatic heterocycles. The first-order valence-electron chi connectivity index (χ1n) is 7.32. The van der Waals surface area contributed by atoms with E-state index in [9.17, 15) is 8.42 Å². The Bertz CT molecular complexity index is 547. The molecule has 0 radical (unpaired) electrons. The Morgan fingerprint density at radius 2 is 2.15 bits per heavy atom. The number of aryl methyl sites for hydroxylation is 1. The molecule has 1 aliphatic carbocycles. The molecule has 114 valence electrons. The van der Waals surface area contributed by atoms with Gasteiger partial charge in [-0.2, -0.15) is 0 Å². The second kappa shape index (κ2) is 6.28. The zero-order valence-corrected chi connectivity index (χ0v) is 13.3. The van der Waals surface area contributed by atoms with E-state index in [2.05, 4.69) is 10.0 Å². The monoisotopic (exact) mass is 299 g/mol. The van der Waals surface area contributed by atoms with Gasteiger partial charge in [0.1, 0.15) is 0 Å². The highest BCUT2D eigenvalue weighted by Crippen LogP contribution is 2.30. The van der Waals surface area contributed by atoms with Gasteiger partial charge in [0.05, 0.1) is 4.90 Å². The first kappa shape index (κ1) is 15.5. The minimum absolute atomic E-state index is 0.0196. The summed E-state index contributed by atoms with van der Waals surface area (Å²) < 4.78 is 29.4. The van der Waals surface area contributed by atoms with Crippen molar-refractivity contribution >= 4 is 10.0 Å². The molecule has 0 spiro atoms. The summed E-state index contributed by atoms with van der Waals surface area (Å²) in [5.41, 5.74) is 0.975. The summed E-state index contributed by atoms with van der Waals surface area (Å²) in [5.74, 6) is 0.495. The third-order valence-corrected chi connectivity index (χ3v) is 5.67. The number of aromatic nitrogens is 1. The zero-order valence-electron chi connectivity index (χ0n) is 12.5. The molecule has 1 fully saturated rings. The first-order chi connectivity index (χ1) is 9.44. The van der Waals surface area contributed by atoms with E-state index in [4.69, 9.17) is 0 Å². The van der Waals surface area contributed by atoms with Crippen LogP contribution in [0.2, 0.25) is 0 Å². The van der Waals surface area contributed by atoms with Gasteiger partial charge in [-0.1, -0.05) is 13.3 Å². The van der Waals surface area contributed by atoms with Gasteiger partial charge in [0.15, 0.2) is 0 Å². The van der Waals surface area contributed by atoms with E-state index < -0.39 is 10.0 Å². The topological polar surface area (TPSA) is 63.1 Å². The fourth-order valence-corrected chi connectivity index (χ4v) is 3.91. The van der Waals surface area contributed by atoms with Gasteiger partial charge in [-0.15, -0.1) is 0 Å². The average Bonchev–Trinajstić information content (AvgIpc) is 2.65. The van der Waals surface area contributed by atoms with Crippen LogP contribution in [0.4, 0.5) is 0 Å². The van der Waals surface area contributed by atoms with Gasteiger partial charge in [-0.05, 0) is 38.3 Å². The molecular weight excluding hydrogens is 274 g/mol. The molecule has 0 bridgehead atoms. The van der Waals surface area contributed by atoms with E-state index in [1.807, 2.05) is 25.5 Å². The van der Waals surface area contributed by atoms with E-state index >= 15 is 0 Å². The van der Waals surface area contributed by atoms with Crippen molar-refractivity contribution in [3.8, 4) is 0 Å². The lowest BCUT2D eigenvalue weighted by molar-refractivity contribution is 0.260. The summed E-state index contributed by atoms with van der Waals surface area (Å²) in [5, 5.41) is 3.21. The largest absolute Gasteiger partial charge is 0.352 e. The van der Waals surface area contributed by atoms with Crippen LogP contribution in [0.5, 0.6) is 0 Å². The quantitative estimate of drug-likeness (QED) is 0.804. The predicted octanol–water partition coefficient (Wildman–Crippen LogP) is 1.60. The van der Waals surface area contributed by atoms with E-state index in [0.717, 1.165) is 25.1 Å². The normalized spacial score (nSPS) is 17.9. The van der Waals surface area contributed by atoms with Crippen molar-refractivity contribution in [3.63, 3.8) is 0 Å². The van der Waals surface area contributed by atoms with Crippen LogP contribution >= 0.6 is 0 Å². The Labute approximate surface area is 121 Å². The highest BCUT2D eigenvalue weighted by Gasteiger charge is 2.28. The van der Waals surface area contributed by atoms with Crippen LogP contribution in [-0.2, 0) is 23.6 Å². The molecule has 1 heterocycles. The maximum absolute atomic E-state index is 12.4. The Kier molecular flexibility index (Phi) is 4.88. The molecule has 0 saturated heterocycles. The number of nitrogens with one attached hydrogen (secondary N) is 2.